The van der Waals surface area contributed by atoms with Gasteiger partial charge in [0.1, 0.15) is 5.58 Å². The highest BCUT2D eigenvalue weighted by atomic mass is 35.5. The third-order valence-electron chi connectivity index (χ3n) is 3.86. The van der Waals surface area contributed by atoms with Crippen LogP contribution in [0.3, 0.4) is 0 Å². The van der Waals surface area contributed by atoms with Crippen LogP contribution >= 0.6 is 12.4 Å². The molecule has 1 N–H and O–H groups in total. The molecule has 2 heterocycles. The van der Waals surface area contributed by atoms with E-state index in [0.717, 1.165) is 10.9 Å². The largest absolute Gasteiger partial charge is 0.481 e. The van der Waals surface area contributed by atoms with E-state index in [1.54, 1.807) is 4.90 Å². The summed E-state index contributed by atoms with van der Waals surface area (Å²) in [5.74, 6) is -1.22. The Kier molecular flexibility index (Phi) is 4.23. The lowest BCUT2D eigenvalue weighted by atomic mass is 10.1. The van der Waals surface area contributed by atoms with Crippen molar-refractivity contribution in [2.75, 3.05) is 13.1 Å². The number of carboxylic acid groups (broad SMARTS) is 1. The second-order valence-electron chi connectivity index (χ2n) is 5.13. The van der Waals surface area contributed by atoms with Gasteiger partial charge in [0, 0.05) is 24.0 Å². The third kappa shape index (κ3) is 2.61. The molecule has 0 bridgehead atoms. The lowest BCUT2D eigenvalue weighted by Crippen LogP contribution is -2.30. The summed E-state index contributed by atoms with van der Waals surface area (Å²) < 4.78 is 5.63. The van der Waals surface area contributed by atoms with Crippen LogP contribution in [0.1, 0.15) is 22.5 Å². The molecule has 0 aliphatic carbocycles. The van der Waals surface area contributed by atoms with Crippen LogP contribution in [0.2, 0.25) is 0 Å². The molecule has 0 spiro atoms. The van der Waals surface area contributed by atoms with Crippen LogP contribution < -0.4 is 0 Å². The number of rotatable bonds is 2. The fraction of sp³-hybridized carbons (Fsp3) is 0.333. The van der Waals surface area contributed by atoms with E-state index in [-0.39, 0.29) is 24.9 Å². The number of halogens is 1. The summed E-state index contributed by atoms with van der Waals surface area (Å²) in [4.78, 5) is 25.0. The molecule has 3 rings (SSSR count). The molecular formula is C15H16ClNO4. The van der Waals surface area contributed by atoms with Gasteiger partial charge in [-0.15, -0.1) is 12.4 Å². The van der Waals surface area contributed by atoms with Crippen molar-refractivity contribution in [3.05, 3.63) is 35.6 Å². The molecule has 1 saturated heterocycles. The molecule has 0 saturated carbocycles. The molecule has 112 valence electrons. The van der Waals surface area contributed by atoms with Gasteiger partial charge in [-0.2, -0.15) is 0 Å². The molecule has 2 aromatic rings. The van der Waals surface area contributed by atoms with Crippen LogP contribution in [0.4, 0.5) is 0 Å². The van der Waals surface area contributed by atoms with Crippen LogP contribution in [0.25, 0.3) is 11.0 Å². The van der Waals surface area contributed by atoms with E-state index in [1.807, 2.05) is 31.2 Å². The van der Waals surface area contributed by atoms with Gasteiger partial charge < -0.3 is 14.4 Å². The predicted octanol–water partition coefficient (Wildman–Crippen LogP) is 2.71. The van der Waals surface area contributed by atoms with Crippen molar-refractivity contribution in [2.45, 2.75) is 13.3 Å². The molecule has 1 aromatic heterocycles. The minimum Gasteiger partial charge on any atom is -0.481 e. The van der Waals surface area contributed by atoms with E-state index < -0.39 is 11.9 Å². The number of carboxylic acids is 1. The zero-order valence-corrected chi connectivity index (χ0v) is 12.4. The van der Waals surface area contributed by atoms with Crippen molar-refractivity contribution in [2.24, 2.45) is 5.92 Å². The zero-order chi connectivity index (χ0) is 14.3. The quantitative estimate of drug-likeness (QED) is 0.926. The van der Waals surface area contributed by atoms with Crippen molar-refractivity contribution >= 4 is 35.3 Å². The topological polar surface area (TPSA) is 70.8 Å². The number of carbonyl (C=O) groups excluding carboxylic acids is 1. The molecular weight excluding hydrogens is 294 g/mol. The van der Waals surface area contributed by atoms with Gasteiger partial charge in [0.2, 0.25) is 0 Å². The molecule has 1 fully saturated rings. The number of para-hydroxylation sites is 1. The molecule has 1 unspecified atom stereocenters. The van der Waals surface area contributed by atoms with Crippen molar-refractivity contribution in [1.29, 1.82) is 0 Å². The van der Waals surface area contributed by atoms with Crippen LogP contribution in [0.5, 0.6) is 0 Å². The number of nitrogens with zero attached hydrogens (tertiary/aromatic N) is 1. The first-order chi connectivity index (χ1) is 9.58. The highest BCUT2D eigenvalue weighted by Crippen LogP contribution is 2.27. The maximum Gasteiger partial charge on any atom is 0.308 e. The van der Waals surface area contributed by atoms with E-state index in [4.69, 9.17) is 9.52 Å². The average Bonchev–Trinajstić information content (AvgIpc) is 3.04. The Morgan fingerprint density at radius 3 is 2.67 bits per heavy atom. The first-order valence-electron chi connectivity index (χ1n) is 6.58. The van der Waals surface area contributed by atoms with Crippen LogP contribution in [0, 0.1) is 12.8 Å². The summed E-state index contributed by atoms with van der Waals surface area (Å²) in [6.45, 7) is 2.57. The second kappa shape index (κ2) is 5.77. The van der Waals surface area contributed by atoms with E-state index in [9.17, 15) is 9.59 Å². The molecule has 6 heteroatoms. The number of aryl methyl sites for hydroxylation is 1. The van der Waals surface area contributed by atoms with E-state index in [1.165, 1.54) is 0 Å². The van der Waals surface area contributed by atoms with Crippen molar-refractivity contribution in [3.8, 4) is 0 Å². The van der Waals surface area contributed by atoms with Gasteiger partial charge in [-0.05, 0) is 19.4 Å². The number of furan rings is 1. The van der Waals surface area contributed by atoms with E-state index >= 15 is 0 Å². The van der Waals surface area contributed by atoms with Gasteiger partial charge in [0.25, 0.3) is 5.91 Å². The number of aliphatic carboxylic acids is 1. The fourth-order valence-electron chi connectivity index (χ4n) is 2.67. The number of hydrogen-bond acceptors (Lipinski definition) is 3. The van der Waals surface area contributed by atoms with Crippen LogP contribution in [-0.2, 0) is 4.79 Å². The standard InChI is InChI=1S/C15H15NO4.ClH/c1-9-11-4-2-3-5-12(11)20-13(9)14(17)16-7-6-10(8-16)15(18)19;/h2-5,10H,6-8H2,1H3,(H,18,19);1H. The Labute approximate surface area is 127 Å². The van der Waals surface area contributed by atoms with Crippen LogP contribution in [-0.4, -0.2) is 35.0 Å². The van der Waals surface area contributed by atoms with Gasteiger partial charge in [-0.1, -0.05) is 18.2 Å². The number of fused-ring (bicyclic) bond motifs is 1. The average molecular weight is 310 g/mol. The summed E-state index contributed by atoms with van der Waals surface area (Å²) in [7, 11) is 0. The lowest BCUT2D eigenvalue weighted by Gasteiger charge is -2.14. The number of likely N-dealkylation sites (tertiary alicyclic amines) is 1. The molecule has 5 nitrogen and oxygen atoms in total. The SMILES string of the molecule is Cc1c(C(=O)N2CCC(C(=O)O)C2)oc2ccccc12.Cl. The summed E-state index contributed by atoms with van der Waals surface area (Å²) in [6.07, 6.45) is 0.500. The number of amides is 1. The molecule has 21 heavy (non-hydrogen) atoms. The minimum absolute atomic E-state index is 0. The summed E-state index contributed by atoms with van der Waals surface area (Å²) in [5.41, 5.74) is 1.49. The minimum atomic E-state index is -0.846. The Bertz CT molecular complexity index is 694. The van der Waals surface area contributed by atoms with Crippen molar-refractivity contribution in [3.63, 3.8) is 0 Å². The molecule has 0 radical (unpaired) electrons. The summed E-state index contributed by atoms with van der Waals surface area (Å²) in [5, 5.41) is 9.91. The van der Waals surface area contributed by atoms with Gasteiger partial charge in [0.15, 0.2) is 5.76 Å². The fourth-order valence-corrected chi connectivity index (χ4v) is 2.67. The van der Waals surface area contributed by atoms with E-state index in [0.29, 0.717) is 24.3 Å². The number of carbonyl (C=O) groups is 2. The first kappa shape index (κ1) is 15.4. The Hall–Kier alpha value is -2.01. The van der Waals surface area contributed by atoms with Gasteiger partial charge >= 0.3 is 5.97 Å². The summed E-state index contributed by atoms with van der Waals surface area (Å²) >= 11 is 0. The molecule has 1 aliphatic heterocycles. The maximum absolute atomic E-state index is 12.4. The predicted molar refractivity (Wildman–Crippen MR) is 79.8 cm³/mol. The Morgan fingerprint density at radius 1 is 1.33 bits per heavy atom. The summed E-state index contributed by atoms with van der Waals surface area (Å²) in [6, 6.07) is 7.49. The highest BCUT2D eigenvalue weighted by molar-refractivity contribution is 5.99. The van der Waals surface area contributed by atoms with Gasteiger partial charge in [-0.3, -0.25) is 9.59 Å². The molecule has 1 amide bonds. The normalized spacial score (nSPS) is 17.8. The molecule has 1 aromatic carbocycles. The smallest absolute Gasteiger partial charge is 0.308 e. The van der Waals surface area contributed by atoms with Crippen molar-refractivity contribution < 1.29 is 19.1 Å². The maximum atomic E-state index is 12.4. The second-order valence-corrected chi connectivity index (χ2v) is 5.13. The Morgan fingerprint density at radius 2 is 2.05 bits per heavy atom. The Balaban J connectivity index is 0.00000161. The van der Waals surface area contributed by atoms with Gasteiger partial charge in [-0.25, -0.2) is 0 Å². The third-order valence-corrected chi connectivity index (χ3v) is 3.86. The number of hydrogen-bond donors (Lipinski definition) is 1. The van der Waals surface area contributed by atoms with E-state index in [2.05, 4.69) is 0 Å². The lowest BCUT2D eigenvalue weighted by molar-refractivity contribution is -0.141. The first-order valence-corrected chi connectivity index (χ1v) is 6.58. The van der Waals surface area contributed by atoms with Gasteiger partial charge in [0.05, 0.1) is 5.92 Å². The monoisotopic (exact) mass is 309 g/mol. The zero-order valence-electron chi connectivity index (χ0n) is 11.5. The van der Waals surface area contributed by atoms with Crippen LogP contribution in [0.15, 0.2) is 28.7 Å². The molecule has 1 atom stereocenters. The van der Waals surface area contributed by atoms with Crippen molar-refractivity contribution in [1.82, 2.24) is 4.90 Å². The highest BCUT2D eigenvalue weighted by Gasteiger charge is 2.33. The molecule has 1 aliphatic rings. The number of benzene rings is 1.